The summed E-state index contributed by atoms with van der Waals surface area (Å²) >= 11 is 0. The first-order valence-electron chi connectivity index (χ1n) is 9.33. The molecule has 0 aromatic heterocycles. The summed E-state index contributed by atoms with van der Waals surface area (Å²) in [7, 11) is 4.27. The van der Waals surface area contributed by atoms with Gasteiger partial charge in [0.05, 0.1) is 0 Å². The van der Waals surface area contributed by atoms with Gasteiger partial charge in [0.15, 0.2) is 0 Å². The predicted molar refractivity (Wildman–Crippen MR) is 108 cm³/mol. The van der Waals surface area contributed by atoms with Gasteiger partial charge >= 0.3 is 0 Å². The molecule has 3 rings (SSSR count). The molecule has 3 heteroatoms. The fourth-order valence-electron chi connectivity index (χ4n) is 3.17. The summed E-state index contributed by atoms with van der Waals surface area (Å²) in [6, 6.07) is 14.7. The molecule has 1 unspecified atom stereocenters. The van der Waals surface area contributed by atoms with Crippen LogP contribution in [0.3, 0.4) is 0 Å². The lowest BCUT2D eigenvalue weighted by atomic mass is 9.96. The average Bonchev–Trinajstić information content (AvgIpc) is 3.04. The van der Waals surface area contributed by atoms with E-state index in [-0.39, 0.29) is 0 Å². The molecule has 2 aromatic rings. The molecule has 3 nitrogen and oxygen atoms in total. The molecule has 0 aliphatic carbocycles. The van der Waals surface area contributed by atoms with Crippen LogP contribution in [0.15, 0.2) is 42.5 Å². The fourth-order valence-corrected chi connectivity index (χ4v) is 3.17. The van der Waals surface area contributed by atoms with E-state index in [9.17, 15) is 0 Å². The van der Waals surface area contributed by atoms with Gasteiger partial charge < -0.3 is 15.0 Å². The Morgan fingerprint density at radius 2 is 1.84 bits per heavy atom. The van der Waals surface area contributed by atoms with Crippen LogP contribution in [0.25, 0.3) is 0 Å². The first-order chi connectivity index (χ1) is 12.1. The van der Waals surface area contributed by atoms with E-state index in [0.717, 1.165) is 18.8 Å². The van der Waals surface area contributed by atoms with Crippen LogP contribution >= 0.6 is 0 Å². The number of ether oxygens (including phenoxy) is 1. The van der Waals surface area contributed by atoms with E-state index >= 15 is 0 Å². The third-order valence-corrected chi connectivity index (χ3v) is 4.48. The van der Waals surface area contributed by atoms with E-state index in [4.69, 9.17) is 4.74 Å². The van der Waals surface area contributed by atoms with Crippen molar-refractivity contribution in [1.82, 2.24) is 4.90 Å². The van der Waals surface area contributed by atoms with Crippen LogP contribution in [-0.4, -0.2) is 32.1 Å². The van der Waals surface area contributed by atoms with Crippen LogP contribution in [0.5, 0.6) is 5.75 Å². The van der Waals surface area contributed by atoms with Crippen molar-refractivity contribution >= 4 is 5.69 Å². The van der Waals surface area contributed by atoms with Gasteiger partial charge in [-0.15, -0.1) is 0 Å². The molecule has 0 bridgehead atoms. The van der Waals surface area contributed by atoms with Gasteiger partial charge in [0.2, 0.25) is 0 Å². The lowest BCUT2D eigenvalue weighted by molar-refractivity contribution is 0.305. The molecule has 0 amide bonds. The Balaban J connectivity index is 0.00000109. The molecule has 0 fully saturated rings. The SMILES string of the molecule is CC.Cc1cc(OCc2ccccc2)cc2c1NCC2CCN(C)C. The van der Waals surface area contributed by atoms with Crippen molar-refractivity contribution < 1.29 is 4.74 Å². The molecule has 136 valence electrons. The lowest BCUT2D eigenvalue weighted by Gasteiger charge is -2.16. The first-order valence-corrected chi connectivity index (χ1v) is 9.33. The molecule has 0 spiro atoms. The van der Waals surface area contributed by atoms with Crippen LogP contribution in [0, 0.1) is 6.92 Å². The van der Waals surface area contributed by atoms with Gasteiger partial charge in [-0.05, 0) is 62.8 Å². The molecule has 2 aromatic carbocycles. The van der Waals surface area contributed by atoms with Crippen molar-refractivity contribution in [3.05, 3.63) is 59.2 Å². The van der Waals surface area contributed by atoms with Crippen LogP contribution in [0.4, 0.5) is 5.69 Å². The largest absolute Gasteiger partial charge is 0.489 e. The van der Waals surface area contributed by atoms with Crippen molar-refractivity contribution in [3.8, 4) is 5.75 Å². The molecular formula is C22H32N2O. The van der Waals surface area contributed by atoms with Crippen LogP contribution < -0.4 is 10.1 Å². The second-order valence-electron chi connectivity index (χ2n) is 6.65. The number of nitrogens with one attached hydrogen (secondary N) is 1. The standard InChI is InChI=1S/C20H26N2O.C2H6/c1-15-11-18(23-14-16-7-5-4-6-8-16)12-19-17(9-10-22(2)3)13-21-20(15)19;1-2/h4-8,11-12,17,21H,9-10,13-14H2,1-3H3;1-2H3. The zero-order valence-corrected chi connectivity index (χ0v) is 16.3. The third kappa shape index (κ3) is 5.23. The molecule has 0 saturated carbocycles. The maximum atomic E-state index is 6.03. The number of hydrogen-bond donors (Lipinski definition) is 1. The number of anilines is 1. The maximum absolute atomic E-state index is 6.03. The van der Waals surface area contributed by atoms with E-state index in [1.54, 1.807) is 0 Å². The zero-order valence-electron chi connectivity index (χ0n) is 16.3. The summed E-state index contributed by atoms with van der Waals surface area (Å²) in [5, 5.41) is 3.57. The van der Waals surface area contributed by atoms with Crippen LogP contribution in [-0.2, 0) is 6.61 Å². The Morgan fingerprint density at radius 1 is 1.12 bits per heavy atom. The second-order valence-corrected chi connectivity index (χ2v) is 6.65. The Kier molecular flexibility index (Phi) is 7.32. The minimum absolute atomic E-state index is 0.575. The molecule has 1 aliphatic heterocycles. The minimum atomic E-state index is 0.575. The van der Waals surface area contributed by atoms with E-state index in [2.05, 4.69) is 55.5 Å². The topological polar surface area (TPSA) is 24.5 Å². The van der Waals surface area contributed by atoms with Crippen molar-refractivity contribution in [3.63, 3.8) is 0 Å². The second kappa shape index (κ2) is 9.47. The molecule has 0 saturated heterocycles. The van der Waals surface area contributed by atoms with Gasteiger partial charge in [-0.25, -0.2) is 0 Å². The van der Waals surface area contributed by atoms with Crippen LogP contribution in [0.2, 0.25) is 0 Å². The Hall–Kier alpha value is -2.00. The number of rotatable bonds is 6. The number of aryl methyl sites for hydroxylation is 1. The quantitative estimate of drug-likeness (QED) is 0.795. The zero-order chi connectivity index (χ0) is 18.2. The third-order valence-electron chi connectivity index (χ3n) is 4.48. The lowest BCUT2D eigenvalue weighted by Crippen LogP contribution is -2.16. The normalized spacial score (nSPS) is 15.2. The first kappa shape index (κ1) is 19.3. The predicted octanol–water partition coefficient (Wildman–Crippen LogP) is 5.06. The molecule has 0 radical (unpaired) electrons. The summed E-state index contributed by atoms with van der Waals surface area (Å²) in [6.45, 7) is 8.93. The van der Waals surface area contributed by atoms with Gasteiger partial charge in [-0.1, -0.05) is 44.2 Å². The number of nitrogens with zero attached hydrogens (tertiary/aromatic N) is 1. The van der Waals surface area contributed by atoms with Crippen molar-refractivity contribution in [1.29, 1.82) is 0 Å². The number of fused-ring (bicyclic) bond motifs is 1. The molecule has 25 heavy (non-hydrogen) atoms. The van der Waals surface area contributed by atoms with Gasteiger partial charge in [-0.3, -0.25) is 0 Å². The highest BCUT2D eigenvalue weighted by molar-refractivity contribution is 5.65. The van der Waals surface area contributed by atoms with Crippen LogP contribution in [0.1, 0.15) is 42.9 Å². The minimum Gasteiger partial charge on any atom is -0.489 e. The summed E-state index contributed by atoms with van der Waals surface area (Å²) in [5.41, 5.74) is 5.20. The van der Waals surface area contributed by atoms with E-state index in [1.165, 1.54) is 28.8 Å². The average molecular weight is 341 g/mol. The Morgan fingerprint density at radius 3 is 2.52 bits per heavy atom. The van der Waals surface area contributed by atoms with E-state index < -0.39 is 0 Å². The summed E-state index contributed by atoms with van der Waals surface area (Å²) in [5.74, 6) is 1.55. The van der Waals surface area contributed by atoms with Gasteiger partial charge in [0.1, 0.15) is 12.4 Å². The van der Waals surface area contributed by atoms with Crippen molar-refractivity contribution in [2.45, 2.75) is 39.7 Å². The Labute approximate surface area is 153 Å². The number of benzene rings is 2. The molecule has 1 atom stereocenters. The van der Waals surface area contributed by atoms with Gasteiger partial charge in [0, 0.05) is 18.2 Å². The molecular weight excluding hydrogens is 308 g/mol. The highest BCUT2D eigenvalue weighted by Crippen LogP contribution is 2.39. The highest BCUT2D eigenvalue weighted by Gasteiger charge is 2.24. The summed E-state index contributed by atoms with van der Waals surface area (Å²) in [6.07, 6.45) is 1.18. The van der Waals surface area contributed by atoms with Gasteiger partial charge in [-0.2, -0.15) is 0 Å². The number of hydrogen-bond acceptors (Lipinski definition) is 3. The molecule has 1 heterocycles. The highest BCUT2D eigenvalue weighted by atomic mass is 16.5. The van der Waals surface area contributed by atoms with Gasteiger partial charge in [0.25, 0.3) is 0 Å². The molecule has 1 aliphatic rings. The fraction of sp³-hybridized carbons (Fsp3) is 0.455. The van der Waals surface area contributed by atoms with Crippen molar-refractivity contribution in [2.75, 3.05) is 32.5 Å². The summed E-state index contributed by atoms with van der Waals surface area (Å²) < 4.78 is 6.03. The monoisotopic (exact) mass is 340 g/mol. The maximum Gasteiger partial charge on any atom is 0.120 e. The smallest absolute Gasteiger partial charge is 0.120 e. The molecule has 1 N–H and O–H groups in total. The van der Waals surface area contributed by atoms with Crippen molar-refractivity contribution in [2.24, 2.45) is 0 Å². The van der Waals surface area contributed by atoms with E-state index in [0.29, 0.717) is 12.5 Å². The Bertz CT molecular complexity index is 653. The summed E-state index contributed by atoms with van der Waals surface area (Å²) in [4.78, 5) is 2.25. The van der Waals surface area contributed by atoms with E-state index in [1.807, 2.05) is 32.0 Å².